The molecular formula is C19H20ClN5. The number of anilines is 1. The molecule has 0 spiro atoms. The largest absolute Gasteiger partial charge is 0.355 e. The van der Waals surface area contributed by atoms with E-state index >= 15 is 0 Å². The predicted octanol–water partition coefficient (Wildman–Crippen LogP) is 3.76. The Morgan fingerprint density at radius 1 is 1.12 bits per heavy atom. The molecule has 0 aromatic carbocycles. The van der Waals surface area contributed by atoms with Crippen LogP contribution in [0.2, 0.25) is 5.02 Å². The van der Waals surface area contributed by atoms with E-state index in [-0.39, 0.29) is 0 Å². The van der Waals surface area contributed by atoms with Crippen molar-refractivity contribution in [2.75, 3.05) is 18.0 Å². The highest BCUT2D eigenvalue weighted by molar-refractivity contribution is 6.32. The molecule has 0 radical (unpaired) electrons. The highest BCUT2D eigenvalue weighted by Crippen LogP contribution is 2.31. The lowest BCUT2D eigenvalue weighted by atomic mass is 9.97. The van der Waals surface area contributed by atoms with Gasteiger partial charge in [-0.15, -0.1) is 0 Å². The van der Waals surface area contributed by atoms with Crippen molar-refractivity contribution < 1.29 is 0 Å². The van der Waals surface area contributed by atoms with Crippen molar-refractivity contribution in [1.29, 1.82) is 0 Å². The molecule has 3 aromatic rings. The molecule has 25 heavy (non-hydrogen) atoms. The molecule has 0 aliphatic carbocycles. The van der Waals surface area contributed by atoms with E-state index in [1.165, 1.54) is 5.56 Å². The first-order valence-corrected chi connectivity index (χ1v) is 8.94. The summed E-state index contributed by atoms with van der Waals surface area (Å²) in [5.74, 6) is 2.37. The van der Waals surface area contributed by atoms with Gasteiger partial charge in [0.05, 0.1) is 11.6 Å². The minimum atomic E-state index is 0.374. The van der Waals surface area contributed by atoms with Crippen LogP contribution < -0.4 is 4.90 Å². The summed E-state index contributed by atoms with van der Waals surface area (Å²) in [6.45, 7) is 2.67. The van der Waals surface area contributed by atoms with E-state index in [9.17, 15) is 0 Å². The van der Waals surface area contributed by atoms with Gasteiger partial charge in [0, 0.05) is 50.0 Å². The number of nitrogens with zero attached hydrogens (tertiary/aromatic N) is 5. The van der Waals surface area contributed by atoms with Gasteiger partial charge in [-0.1, -0.05) is 17.7 Å². The van der Waals surface area contributed by atoms with Crippen LogP contribution in [0.5, 0.6) is 0 Å². The van der Waals surface area contributed by atoms with Gasteiger partial charge in [-0.2, -0.15) is 0 Å². The van der Waals surface area contributed by atoms with E-state index < -0.39 is 0 Å². The smallest absolute Gasteiger partial charge is 0.147 e. The minimum absolute atomic E-state index is 0.374. The molecule has 1 fully saturated rings. The second-order valence-corrected chi connectivity index (χ2v) is 6.78. The number of aromatic nitrogens is 4. The molecule has 1 aliphatic rings. The third-order valence-corrected chi connectivity index (χ3v) is 4.94. The number of imidazole rings is 1. The van der Waals surface area contributed by atoms with Crippen molar-refractivity contribution >= 4 is 17.4 Å². The zero-order valence-corrected chi connectivity index (χ0v) is 14.7. The Kier molecular flexibility index (Phi) is 4.65. The average Bonchev–Trinajstić information content (AvgIpc) is 3.11. The van der Waals surface area contributed by atoms with Crippen molar-refractivity contribution in [3.05, 3.63) is 71.7 Å². The molecular weight excluding hydrogens is 334 g/mol. The van der Waals surface area contributed by atoms with Gasteiger partial charge in [-0.25, -0.2) is 9.97 Å². The van der Waals surface area contributed by atoms with Crippen LogP contribution in [0.25, 0.3) is 0 Å². The second kappa shape index (κ2) is 7.23. The predicted molar refractivity (Wildman–Crippen MR) is 99.0 cm³/mol. The van der Waals surface area contributed by atoms with Crippen LogP contribution >= 0.6 is 11.6 Å². The summed E-state index contributed by atoms with van der Waals surface area (Å²) in [6.07, 6.45) is 11.7. The first kappa shape index (κ1) is 16.1. The van der Waals surface area contributed by atoms with Crippen LogP contribution in [0.15, 0.2) is 55.2 Å². The molecule has 1 saturated heterocycles. The summed E-state index contributed by atoms with van der Waals surface area (Å²) >= 11 is 6.34. The van der Waals surface area contributed by atoms with Crippen molar-refractivity contribution in [3.63, 3.8) is 0 Å². The fraction of sp³-hybridized carbons (Fsp3) is 0.316. The van der Waals surface area contributed by atoms with Crippen molar-refractivity contribution in [2.45, 2.75) is 25.3 Å². The SMILES string of the molecule is Clc1cccnc1N1CCC[C@@H](c2nccn2Cc2cccnc2)C1. The number of hydrogen-bond donors (Lipinski definition) is 0. The number of halogens is 1. The molecule has 3 aromatic heterocycles. The Bertz CT molecular complexity index is 833. The van der Waals surface area contributed by atoms with Crippen LogP contribution in [-0.4, -0.2) is 32.6 Å². The maximum absolute atomic E-state index is 6.34. The fourth-order valence-electron chi connectivity index (χ4n) is 3.49. The van der Waals surface area contributed by atoms with Crippen LogP contribution in [0.4, 0.5) is 5.82 Å². The molecule has 128 valence electrons. The molecule has 0 bridgehead atoms. The zero-order valence-electron chi connectivity index (χ0n) is 13.9. The van der Waals surface area contributed by atoms with Crippen LogP contribution in [0, 0.1) is 0 Å². The topological polar surface area (TPSA) is 46.8 Å². The minimum Gasteiger partial charge on any atom is -0.355 e. The van der Waals surface area contributed by atoms with Crippen molar-refractivity contribution in [3.8, 4) is 0 Å². The third kappa shape index (κ3) is 3.51. The van der Waals surface area contributed by atoms with Crippen LogP contribution in [0.3, 0.4) is 0 Å². The molecule has 0 N–H and O–H groups in total. The average molecular weight is 354 g/mol. The third-order valence-electron chi connectivity index (χ3n) is 4.65. The van der Waals surface area contributed by atoms with E-state index in [2.05, 4.69) is 36.7 Å². The molecule has 4 heterocycles. The molecule has 1 aliphatic heterocycles. The summed E-state index contributed by atoms with van der Waals surface area (Å²) in [5, 5.41) is 0.710. The van der Waals surface area contributed by atoms with E-state index in [0.29, 0.717) is 10.9 Å². The van der Waals surface area contributed by atoms with Gasteiger partial charge in [0.25, 0.3) is 0 Å². The van der Waals surface area contributed by atoms with Gasteiger partial charge in [0.2, 0.25) is 0 Å². The lowest BCUT2D eigenvalue weighted by Gasteiger charge is -2.33. The Hall–Kier alpha value is -2.40. The monoisotopic (exact) mass is 353 g/mol. The van der Waals surface area contributed by atoms with Crippen molar-refractivity contribution in [2.24, 2.45) is 0 Å². The van der Waals surface area contributed by atoms with E-state index in [1.54, 1.807) is 12.4 Å². The van der Waals surface area contributed by atoms with Gasteiger partial charge < -0.3 is 9.47 Å². The summed E-state index contributed by atoms with van der Waals surface area (Å²) in [4.78, 5) is 15.6. The Morgan fingerprint density at radius 3 is 2.88 bits per heavy atom. The summed E-state index contributed by atoms with van der Waals surface area (Å²) in [6, 6.07) is 7.83. The van der Waals surface area contributed by atoms with E-state index in [4.69, 9.17) is 11.6 Å². The lowest BCUT2D eigenvalue weighted by Crippen LogP contribution is -2.36. The van der Waals surface area contributed by atoms with Gasteiger partial charge in [-0.3, -0.25) is 4.98 Å². The van der Waals surface area contributed by atoms with Crippen LogP contribution in [0.1, 0.15) is 30.1 Å². The van der Waals surface area contributed by atoms with Gasteiger partial charge in [0.15, 0.2) is 0 Å². The van der Waals surface area contributed by atoms with Gasteiger partial charge >= 0.3 is 0 Å². The standard InChI is InChI=1S/C19H20ClN5/c20-17-6-2-8-22-19(17)24-10-3-5-16(14-24)18-23-9-11-25(18)13-15-4-1-7-21-12-15/h1-2,4,6-9,11-12,16H,3,5,10,13-14H2/t16-/m1/s1. The molecule has 0 unspecified atom stereocenters. The Morgan fingerprint density at radius 2 is 2.04 bits per heavy atom. The first-order chi connectivity index (χ1) is 12.3. The van der Waals surface area contributed by atoms with Gasteiger partial charge in [-0.05, 0) is 36.6 Å². The lowest BCUT2D eigenvalue weighted by molar-refractivity contribution is 0.474. The van der Waals surface area contributed by atoms with Crippen molar-refractivity contribution in [1.82, 2.24) is 19.5 Å². The quantitative estimate of drug-likeness (QED) is 0.716. The number of pyridine rings is 2. The summed E-state index contributed by atoms with van der Waals surface area (Å²) in [7, 11) is 0. The van der Waals surface area contributed by atoms with E-state index in [1.807, 2.05) is 30.6 Å². The maximum Gasteiger partial charge on any atom is 0.147 e. The molecule has 6 heteroatoms. The molecule has 1 atom stereocenters. The highest BCUT2D eigenvalue weighted by atomic mass is 35.5. The first-order valence-electron chi connectivity index (χ1n) is 8.56. The highest BCUT2D eigenvalue weighted by Gasteiger charge is 2.26. The van der Waals surface area contributed by atoms with E-state index in [0.717, 1.165) is 44.1 Å². The number of hydrogen-bond acceptors (Lipinski definition) is 4. The second-order valence-electron chi connectivity index (χ2n) is 6.37. The van der Waals surface area contributed by atoms with Gasteiger partial charge in [0.1, 0.15) is 11.6 Å². The van der Waals surface area contributed by atoms with Crippen LogP contribution in [-0.2, 0) is 6.54 Å². The number of piperidine rings is 1. The summed E-state index contributed by atoms with van der Waals surface area (Å²) < 4.78 is 2.23. The number of rotatable bonds is 4. The molecule has 0 amide bonds. The zero-order chi connectivity index (χ0) is 17.1. The summed E-state index contributed by atoms with van der Waals surface area (Å²) in [5.41, 5.74) is 1.18. The maximum atomic E-state index is 6.34. The normalized spacial score (nSPS) is 17.6. The Labute approximate surface area is 152 Å². The molecule has 4 rings (SSSR count). The fourth-order valence-corrected chi connectivity index (χ4v) is 3.73. The Balaban J connectivity index is 1.54. The molecule has 5 nitrogen and oxygen atoms in total. The molecule has 0 saturated carbocycles.